The molecule has 0 bridgehead atoms. The van der Waals surface area contributed by atoms with E-state index in [-0.39, 0.29) is 5.82 Å². The molecule has 2 fully saturated rings. The molecule has 0 amide bonds. The van der Waals surface area contributed by atoms with E-state index in [1.165, 1.54) is 56.6 Å². The molecule has 2 aliphatic carbocycles. The fraction of sp³-hybridized carbons (Fsp3) is 0.556. The topological polar surface area (TPSA) is 12.0 Å². The van der Waals surface area contributed by atoms with Crippen molar-refractivity contribution in [1.29, 1.82) is 0 Å². The van der Waals surface area contributed by atoms with Crippen LogP contribution in [-0.4, -0.2) is 12.6 Å². The van der Waals surface area contributed by atoms with Crippen LogP contribution in [0.15, 0.2) is 23.8 Å². The molecule has 2 aliphatic rings. The molecule has 1 N–H and O–H groups in total. The molecule has 0 heterocycles. The van der Waals surface area contributed by atoms with E-state index in [4.69, 9.17) is 11.6 Å². The smallest absolute Gasteiger partial charge is 0.131 e. The third-order valence-electron chi connectivity index (χ3n) is 4.63. The van der Waals surface area contributed by atoms with E-state index in [9.17, 15) is 4.39 Å². The third-order valence-corrected chi connectivity index (χ3v) is 4.96. The average molecular weight is 308 g/mol. The van der Waals surface area contributed by atoms with Gasteiger partial charge in [-0.3, -0.25) is 0 Å². The number of hydrogen-bond acceptors (Lipinski definition) is 1. The monoisotopic (exact) mass is 307 g/mol. The van der Waals surface area contributed by atoms with Gasteiger partial charge in [-0.2, -0.15) is 0 Å². The standard InChI is InChI=1S/C18H23ClFN/c19-17-7-4-8-18(20)16(17)11-14(12-21-15-9-10-15)13-5-2-1-3-6-13/h4,7-8,11,13,15,21H,1-3,5-6,9-10,12H2/b14-11-. The lowest BCUT2D eigenvalue weighted by atomic mass is 9.83. The Labute approximate surface area is 131 Å². The number of nitrogens with one attached hydrogen (secondary N) is 1. The Balaban J connectivity index is 1.82. The van der Waals surface area contributed by atoms with Crippen LogP contribution in [0.5, 0.6) is 0 Å². The molecule has 3 heteroatoms. The van der Waals surface area contributed by atoms with Gasteiger partial charge in [0.25, 0.3) is 0 Å². The summed E-state index contributed by atoms with van der Waals surface area (Å²) < 4.78 is 14.0. The van der Waals surface area contributed by atoms with E-state index < -0.39 is 0 Å². The number of hydrogen-bond donors (Lipinski definition) is 1. The summed E-state index contributed by atoms with van der Waals surface area (Å²) in [4.78, 5) is 0. The highest BCUT2D eigenvalue weighted by atomic mass is 35.5. The van der Waals surface area contributed by atoms with Crippen molar-refractivity contribution in [2.75, 3.05) is 6.54 Å². The summed E-state index contributed by atoms with van der Waals surface area (Å²) in [5, 5.41) is 4.09. The van der Waals surface area contributed by atoms with Crippen LogP contribution in [0.1, 0.15) is 50.5 Å². The lowest BCUT2D eigenvalue weighted by Crippen LogP contribution is -2.24. The van der Waals surface area contributed by atoms with Crippen LogP contribution in [0.2, 0.25) is 5.02 Å². The third kappa shape index (κ3) is 4.08. The first-order valence-electron chi connectivity index (χ1n) is 8.12. The van der Waals surface area contributed by atoms with Gasteiger partial charge >= 0.3 is 0 Å². The average Bonchev–Trinajstić information content (AvgIpc) is 3.31. The SMILES string of the molecule is Fc1cccc(Cl)c1/C=C(/CNC1CC1)C1CCCCC1. The summed E-state index contributed by atoms with van der Waals surface area (Å²) >= 11 is 6.18. The van der Waals surface area contributed by atoms with E-state index in [1.807, 2.05) is 6.08 Å². The molecule has 3 rings (SSSR count). The predicted octanol–water partition coefficient (Wildman–Crippen LogP) is 5.19. The van der Waals surface area contributed by atoms with Crippen molar-refractivity contribution in [2.45, 2.75) is 51.0 Å². The van der Waals surface area contributed by atoms with E-state index in [0.717, 1.165) is 6.54 Å². The van der Waals surface area contributed by atoms with Crippen molar-refractivity contribution in [2.24, 2.45) is 5.92 Å². The fourth-order valence-electron chi connectivity index (χ4n) is 3.17. The Hall–Kier alpha value is -0.860. The first kappa shape index (κ1) is 15.1. The summed E-state index contributed by atoms with van der Waals surface area (Å²) in [6.07, 6.45) is 10.9. The lowest BCUT2D eigenvalue weighted by molar-refractivity contribution is 0.396. The van der Waals surface area contributed by atoms with Crippen LogP contribution >= 0.6 is 11.6 Å². The second-order valence-electron chi connectivity index (χ2n) is 6.34. The summed E-state index contributed by atoms with van der Waals surface area (Å²) in [7, 11) is 0. The van der Waals surface area contributed by atoms with E-state index in [1.54, 1.807) is 12.1 Å². The summed E-state index contributed by atoms with van der Waals surface area (Å²) in [6, 6.07) is 5.60. The first-order chi connectivity index (χ1) is 10.2. The highest BCUT2D eigenvalue weighted by Crippen LogP contribution is 2.33. The Morgan fingerprint density at radius 2 is 1.95 bits per heavy atom. The summed E-state index contributed by atoms with van der Waals surface area (Å²) in [5.41, 5.74) is 1.88. The highest BCUT2D eigenvalue weighted by Gasteiger charge is 2.23. The molecule has 0 saturated heterocycles. The minimum absolute atomic E-state index is 0.220. The molecule has 1 aromatic carbocycles. The maximum Gasteiger partial charge on any atom is 0.131 e. The molecular formula is C18H23ClFN. The molecule has 0 unspecified atom stereocenters. The van der Waals surface area contributed by atoms with Crippen molar-refractivity contribution >= 4 is 17.7 Å². The van der Waals surface area contributed by atoms with Crippen molar-refractivity contribution in [3.8, 4) is 0 Å². The molecule has 0 spiro atoms. The highest BCUT2D eigenvalue weighted by molar-refractivity contribution is 6.32. The maximum atomic E-state index is 14.0. The predicted molar refractivity (Wildman–Crippen MR) is 87.0 cm³/mol. The molecule has 0 radical (unpaired) electrons. The van der Waals surface area contributed by atoms with E-state index in [2.05, 4.69) is 5.32 Å². The zero-order chi connectivity index (χ0) is 14.7. The number of benzene rings is 1. The summed E-state index contributed by atoms with van der Waals surface area (Å²) in [5.74, 6) is 0.364. The van der Waals surface area contributed by atoms with Crippen LogP contribution in [0.4, 0.5) is 4.39 Å². The Morgan fingerprint density at radius 1 is 1.19 bits per heavy atom. The van der Waals surface area contributed by atoms with Gasteiger partial charge in [0, 0.05) is 18.2 Å². The van der Waals surface area contributed by atoms with Crippen molar-refractivity contribution in [3.63, 3.8) is 0 Å². The molecule has 2 saturated carbocycles. The normalized spacial score (nSPS) is 20.8. The Bertz CT molecular complexity index is 496. The van der Waals surface area contributed by atoms with Gasteiger partial charge in [0.05, 0.1) is 5.02 Å². The molecule has 114 valence electrons. The van der Waals surface area contributed by atoms with Gasteiger partial charge < -0.3 is 5.32 Å². The van der Waals surface area contributed by atoms with Crippen LogP contribution in [0.3, 0.4) is 0 Å². The molecule has 0 aromatic heterocycles. The van der Waals surface area contributed by atoms with Gasteiger partial charge in [-0.05, 0) is 49.8 Å². The second-order valence-corrected chi connectivity index (χ2v) is 6.75. The zero-order valence-electron chi connectivity index (χ0n) is 12.4. The van der Waals surface area contributed by atoms with Crippen LogP contribution in [0, 0.1) is 11.7 Å². The minimum Gasteiger partial charge on any atom is -0.310 e. The molecule has 0 atom stereocenters. The van der Waals surface area contributed by atoms with Gasteiger partial charge in [-0.15, -0.1) is 0 Å². The number of halogens is 2. The molecule has 21 heavy (non-hydrogen) atoms. The molecule has 1 aromatic rings. The first-order valence-corrected chi connectivity index (χ1v) is 8.49. The molecule has 0 aliphatic heterocycles. The van der Waals surface area contributed by atoms with Crippen LogP contribution < -0.4 is 5.32 Å². The van der Waals surface area contributed by atoms with Gasteiger partial charge in [0.2, 0.25) is 0 Å². The second kappa shape index (κ2) is 6.93. The largest absolute Gasteiger partial charge is 0.310 e. The van der Waals surface area contributed by atoms with Crippen molar-refractivity contribution in [3.05, 3.63) is 40.2 Å². The lowest BCUT2D eigenvalue weighted by Gasteiger charge is -2.25. The molecular weight excluding hydrogens is 285 g/mol. The Morgan fingerprint density at radius 3 is 2.62 bits per heavy atom. The van der Waals surface area contributed by atoms with Gasteiger partial charge in [-0.1, -0.05) is 42.5 Å². The van der Waals surface area contributed by atoms with Crippen molar-refractivity contribution < 1.29 is 4.39 Å². The fourth-order valence-corrected chi connectivity index (χ4v) is 3.39. The van der Waals surface area contributed by atoms with Gasteiger partial charge in [0.1, 0.15) is 5.82 Å². The van der Waals surface area contributed by atoms with Gasteiger partial charge in [-0.25, -0.2) is 4.39 Å². The molecule has 1 nitrogen and oxygen atoms in total. The van der Waals surface area contributed by atoms with E-state index in [0.29, 0.717) is 22.5 Å². The maximum absolute atomic E-state index is 14.0. The van der Waals surface area contributed by atoms with Crippen LogP contribution in [-0.2, 0) is 0 Å². The van der Waals surface area contributed by atoms with E-state index >= 15 is 0 Å². The Kier molecular flexibility index (Phi) is 4.97. The minimum atomic E-state index is -0.220. The van der Waals surface area contributed by atoms with Crippen LogP contribution in [0.25, 0.3) is 6.08 Å². The quantitative estimate of drug-likeness (QED) is 0.789. The summed E-state index contributed by atoms with van der Waals surface area (Å²) in [6.45, 7) is 0.875. The van der Waals surface area contributed by atoms with Crippen molar-refractivity contribution in [1.82, 2.24) is 5.32 Å². The van der Waals surface area contributed by atoms with Gasteiger partial charge in [0.15, 0.2) is 0 Å². The zero-order valence-corrected chi connectivity index (χ0v) is 13.1. The number of rotatable bonds is 5.